The van der Waals surface area contributed by atoms with Gasteiger partial charge in [-0.2, -0.15) is 0 Å². The van der Waals surface area contributed by atoms with Gasteiger partial charge in [0, 0.05) is 12.2 Å². The Morgan fingerprint density at radius 2 is 1.67 bits per heavy atom. The molecule has 0 bridgehead atoms. The molecule has 0 heterocycles. The van der Waals surface area contributed by atoms with Gasteiger partial charge in [-0.25, -0.2) is 4.79 Å². The lowest BCUT2D eigenvalue weighted by molar-refractivity contribution is 0.248. The summed E-state index contributed by atoms with van der Waals surface area (Å²) in [6, 6.07) is 16.8. The average molecular weight is 283 g/mol. The van der Waals surface area contributed by atoms with Gasteiger partial charge in [-0.15, -0.1) is 0 Å². The van der Waals surface area contributed by atoms with Crippen LogP contribution in [0, 0.1) is 0 Å². The Bertz CT molecular complexity index is 566. The lowest BCUT2D eigenvalue weighted by Gasteiger charge is -2.23. The van der Waals surface area contributed by atoms with E-state index >= 15 is 0 Å². The Morgan fingerprint density at radius 3 is 2.29 bits per heavy atom. The van der Waals surface area contributed by atoms with Gasteiger partial charge in [0.05, 0.1) is 11.4 Å². The van der Waals surface area contributed by atoms with Crippen molar-refractivity contribution in [3.63, 3.8) is 0 Å². The molecule has 0 spiro atoms. The number of carbonyl (C=O) groups excluding carboxylic acids is 1. The lowest BCUT2D eigenvalue weighted by atomic mass is 10.2. The van der Waals surface area contributed by atoms with Gasteiger partial charge in [0.2, 0.25) is 0 Å². The molecular weight excluding hydrogens is 262 g/mol. The van der Waals surface area contributed by atoms with Gasteiger partial charge in [-0.05, 0) is 42.8 Å². The first-order valence-corrected chi connectivity index (χ1v) is 7.21. The number of para-hydroxylation sites is 1. The van der Waals surface area contributed by atoms with E-state index in [-0.39, 0.29) is 6.03 Å². The Hall–Kier alpha value is -2.49. The molecule has 0 radical (unpaired) electrons. The summed E-state index contributed by atoms with van der Waals surface area (Å²) in [5.41, 5.74) is 8.03. The van der Waals surface area contributed by atoms with Crippen molar-refractivity contribution < 1.29 is 4.79 Å². The van der Waals surface area contributed by atoms with Crippen LogP contribution in [0.15, 0.2) is 54.6 Å². The summed E-state index contributed by atoms with van der Waals surface area (Å²) in [4.78, 5) is 14.1. The van der Waals surface area contributed by atoms with Crippen LogP contribution in [-0.4, -0.2) is 12.6 Å². The maximum absolute atomic E-state index is 12.5. The van der Waals surface area contributed by atoms with Gasteiger partial charge in [0.1, 0.15) is 0 Å². The van der Waals surface area contributed by atoms with E-state index in [1.165, 1.54) is 0 Å². The molecule has 3 N–H and O–H groups in total. The monoisotopic (exact) mass is 283 g/mol. The van der Waals surface area contributed by atoms with Crippen molar-refractivity contribution in [3.8, 4) is 0 Å². The largest absolute Gasteiger partial charge is 0.399 e. The van der Waals surface area contributed by atoms with E-state index in [2.05, 4.69) is 12.2 Å². The standard InChI is InChI=1S/C17H21N3O/c1-2-3-13-19-17(21)20(15-7-5-4-6-8-15)16-11-9-14(18)10-12-16/h4-12H,2-3,13,18H2,1H3,(H,19,21). The summed E-state index contributed by atoms with van der Waals surface area (Å²) in [6.45, 7) is 2.77. The van der Waals surface area contributed by atoms with E-state index in [0.717, 1.165) is 24.2 Å². The number of nitrogens with zero attached hydrogens (tertiary/aromatic N) is 1. The number of unbranched alkanes of at least 4 members (excludes halogenated alkanes) is 1. The second-order valence-corrected chi connectivity index (χ2v) is 4.85. The van der Waals surface area contributed by atoms with E-state index in [0.29, 0.717) is 12.2 Å². The predicted octanol–water partition coefficient (Wildman–Crippen LogP) is 3.92. The zero-order chi connectivity index (χ0) is 15.1. The first-order valence-electron chi connectivity index (χ1n) is 7.21. The second-order valence-electron chi connectivity index (χ2n) is 4.85. The lowest BCUT2D eigenvalue weighted by Crippen LogP contribution is -2.37. The molecule has 0 saturated heterocycles. The van der Waals surface area contributed by atoms with Crippen LogP contribution < -0.4 is 16.0 Å². The molecule has 0 aromatic heterocycles. The topological polar surface area (TPSA) is 58.4 Å². The second kappa shape index (κ2) is 7.33. The Kier molecular flexibility index (Phi) is 5.21. The van der Waals surface area contributed by atoms with E-state index in [9.17, 15) is 4.79 Å². The first-order chi connectivity index (χ1) is 10.2. The molecular formula is C17H21N3O. The third-order valence-electron chi connectivity index (χ3n) is 3.18. The highest BCUT2D eigenvalue weighted by Gasteiger charge is 2.17. The van der Waals surface area contributed by atoms with Gasteiger partial charge in [0.15, 0.2) is 0 Å². The Labute approximate surface area is 125 Å². The summed E-state index contributed by atoms with van der Waals surface area (Å²) in [5, 5.41) is 2.95. The van der Waals surface area contributed by atoms with Crippen LogP contribution in [0.5, 0.6) is 0 Å². The smallest absolute Gasteiger partial charge is 0.326 e. The number of hydrogen-bond donors (Lipinski definition) is 2. The fourth-order valence-electron chi connectivity index (χ4n) is 2.04. The summed E-state index contributed by atoms with van der Waals surface area (Å²) >= 11 is 0. The summed E-state index contributed by atoms with van der Waals surface area (Å²) in [5.74, 6) is 0. The number of carbonyl (C=O) groups is 1. The predicted molar refractivity (Wildman–Crippen MR) is 87.7 cm³/mol. The minimum absolute atomic E-state index is 0.126. The molecule has 2 rings (SSSR count). The van der Waals surface area contributed by atoms with Gasteiger partial charge in [-0.3, -0.25) is 4.90 Å². The molecule has 0 aliphatic carbocycles. The van der Waals surface area contributed by atoms with Crippen LogP contribution in [0.2, 0.25) is 0 Å². The molecule has 4 nitrogen and oxygen atoms in total. The molecule has 0 atom stereocenters. The molecule has 110 valence electrons. The Morgan fingerprint density at radius 1 is 1.05 bits per heavy atom. The quantitative estimate of drug-likeness (QED) is 0.645. The van der Waals surface area contributed by atoms with Crippen molar-refractivity contribution in [1.82, 2.24) is 5.32 Å². The van der Waals surface area contributed by atoms with Crippen molar-refractivity contribution >= 4 is 23.1 Å². The number of hydrogen-bond acceptors (Lipinski definition) is 2. The molecule has 0 fully saturated rings. The van der Waals surface area contributed by atoms with Crippen LogP contribution in [0.1, 0.15) is 19.8 Å². The van der Waals surface area contributed by atoms with E-state index in [4.69, 9.17) is 5.73 Å². The molecule has 0 aliphatic rings. The number of urea groups is 1. The summed E-state index contributed by atoms with van der Waals surface area (Å²) in [6.07, 6.45) is 2.02. The minimum atomic E-state index is -0.126. The molecule has 0 aliphatic heterocycles. The fourth-order valence-corrected chi connectivity index (χ4v) is 2.04. The zero-order valence-electron chi connectivity index (χ0n) is 12.3. The van der Waals surface area contributed by atoms with E-state index in [1.54, 1.807) is 17.0 Å². The molecule has 21 heavy (non-hydrogen) atoms. The highest BCUT2D eigenvalue weighted by Crippen LogP contribution is 2.26. The molecule has 0 unspecified atom stereocenters. The van der Waals surface area contributed by atoms with Gasteiger partial charge < -0.3 is 11.1 Å². The summed E-state index contributed by atoms with van der Waals surface area (Å²) in [7, 11) is 0. The zero-order valence-corrected chi connectivity index (χ0v) is 12.3. The third kappa shape index (κ3) is 3.99. The van der Waals surface area contributed by atoms with Gasteiger partial charge in [-0.1, -0.05) is 31.5 Å². The number of rotatable bonds is 5. The normalized spacial score (nSPS) is 10.1. The molecule has 4 heteroatoms. The van der Waals surface area contributed by atoms with Crippen LogP contribution in [0.4, 0.5) is 21.9 Å². The van der Waals surface area contributed by atoms with Gasteiger partial charge in [0.25, 0.3) is 0 Å². The number of nitrogens with one attached hydrogen (secondary N) is 1. The maximum Gasteiger partial charge on any atom is 0.326 e. The van der Waals surface area contributed by atoms with Crippen LogP contribution in [-0.2, 0) is 0 Å². The van der Waals surface area contributed by atoms with Crippen LogP contribution >= 0.6 is 0 Å². The van der Waals surface area contributed by atoms with Crippen molar-refractivity contribution in [1.29, 1.82) is 0 Å². The number of anilines is 3. The van der Waals surface area contributed by atoms with Crippen LogP contribution in [0.3, 0.4) is 0 Å². The molecule has 0 saturated carbocycles. The average Bonchev–Trinajstić information content (AvgIpc) is 2.51. The first kappa shape index (κ1) is 14.9. The van der Waals surface area contributed by atoms with Crippen molar-refractivity contribution in [2.75, 3.05) is 17.2 Å². The Balaban J connectivity index is 2.26. The molecule has 2 aromatic rings. The van der Waals surface area contributed by atoms with Crippen molar-refractivity contribution in [2.45, 2.75) is 19.8 Å². The third-order valence-corrected chi connectivity index (χ3v) is 3.18. The highest BCUT2D eigenvalue weighted by molar-refractivity contribution is 5.99. The van der Waals surface area contributed by atoms with Crippen molar-refractivity contribution in [2.24, 2.45) is 0 Å². The molecule has 2 amide bonds. The molecule has 2 aromatic carbocycles. The van der Waals surface area contributed by atoms with Crippen molar-refractivity contribution in [3.05, 3.63) is 54.6 Å². The number of amides is 2. The van der Waals surface area contributed by atoms with Crippen LogP contribution in [0.25, 0.3) is 0 Å². The van der Waals surface area contributed by atoms with E-state index in [1.807, 2.05) is 42.5 Å². The SMILES string of the molecule is CCCCNC(=O)N(c1ccccc1)c1ccc(N)cc1. The number of benzene rings is 2. The van der Waals surface area contributed by atoms with E-state index < -0.39 is 0 Å². The number of nitrogens with two attached hydrogens (primary N) is 1. The number of nitrogen functional groups attached to an aromatic ring is 1. The maximum atomic E-state index is 12.5. The summed E-state index contributed by atoms with van der Waals surface area (Å²) < 4.78 is 0. The van der Waals surface area contributed by atoms with Gasteiger partial charge >= 0.3 is 6.03 Å². The highest BCUT2D eigenvalue weighted by atomic mass is 16.2. The fraction of sp³-hybridized carbons (Fsp3) is 0.235. The minimum Gasteiger partial charge on any atom is -0.399 e.